The molecule has 0 heterocycles. The number of anilines is 1. The minimum Gasteiger partial charge on any atom is -0.307 e. The van der Waals surface area contributed by atoms with Crippen molar-refractivity contribution in [1.82, 2.24) is 5.43 Å². The number of amides is 2. The van der Waals surface area contributed by atoms with Gasteiger partial charge in [-0.15, -0.1) is 0 Å². The normalized spacial score (nSPS) is 10.5. The Kier molecular flexibility index (Phi) is 4.50. The molecular weight excluding hydrogens is 250 g/mol. The lowest BCUT2D eigenvalue weighted by Gasteiger charge is -2.04. The van der Waals surface area contributed by atoms with Gasteiger partial charge in [-0.2, -0.15) is 5.10 Å². The minimum atomic E-state index is -0.364. The van der Waals surface area contributed by atoms with Crippen LogP contribution in [-0.2, 0) is 0 Å². The first-order valence-electron chi connectivity index (χ1n) is 6.37. The standard InChI is InChI=1S/C16H17N3O/c1-12-8-9-14(13(2)10-12)11-17-19-16(20)18-15-6-4-3-5-7-15/h3-11H,1-2H3,(H2,18,19,20)/b17-11-. The van der Waals surface area contributed by atoms with Crippen LogP contribution in [-0.4, -0.2) is 12.2 Å². The first kappa shape index (κ1) is 13.8. The number of nitrogens with one attached hydrogen (secondary N) is 2. The van der Waals surface area contributed by atoms with Crippen LogP contribution in [0.3, 0.4) is 0 Å². The lowest BCUT2D eigenvalue weighted by atomic mass is 10.1. The van der Waals surface area contributed by atoms with E-state index in [1.54, 1.807) is 6.21 Å². The van der Waals surface area contributed by atoms with E-state index in [4.69, 9.17) is 0 Å². The second-order valence-electron chi connectivity index (χ2n) is 4.55. The molecule has 0 saturated carbocycles. The smallest absolute Gasteiger partial charge is 0.307 e. The van der Waals surface area contributed by atoms with E-state index in [0.717, 1.165) is 16.8 Å². The van der Waals surface area contributed by atoms with Crippen LogP contribution >= 0.6 is 0 Å². The minimum absolute atomic E-state index is 0.364. The molecule has 2 N–H and O–H groups in total. The number of rotatable bonds is 3. The van der Waals surface area contributed by atoms with E-state index in [2.05, 4.69) is 21.9 Å². The highest BCUT2D eigenvalue weighted by Gasteiger charge is 1.99. The Bertz CT molecular complexity index is 621. The number of para-hydroxylation sites is 1. The number of aryl methyl sites for hydroxylation is 2. The highest BCUT2D eigenvalue weighted by Crippen LogP contribution is 2.08. The molecule has 2 aromatic rings. The number of urea groups is 1. The largest absolute Gasteiger partial charge is 0.339 e. The average molecular weight is 267 g/mol. The van der Waals surface area contributed by atoms with Gasteiger partial charge in [-0.25, -0.2) is 10.2 Å². The summed E-state index contributed by atoms with van der Waals surface area (Å²) in [5.74, 6) is 0. The Balaban J connectivity index is 1.91. The number of nitrogens with zero attached hydrogens (tertiary/aromatic N) is 1. The fourth-order valence-electron chi connectivity index (χ4n) is 1.81. The summed E-state index contributed by atoms with van der Waals surface area (Å²) in [5, 5.41) is 6.63. The maximum Gasteiger partial charge on any atom is 0.339 e. The van der Waals surface area contributed by atoms with Crippen LogP contribution in [0.15, 0.2) is 53.6 Å². The third kappa shape index (κ3) is 3.95. The zero-order valence-corrected chi connectivity index (χ0v) is 11.6. The van der Waals surface area contributed by atoms with Crippen LogP contribution in [0.4, 0.5) is 10.5 Å². The van der Waals surface area contributed by atoms with Crippen molar-refractivity contribution in [2.75, 3.05) is 5.32 Å². The second kappa shape index (κ2) is 6.52. The molecule has 0 aliphatic rings. The van der Waals surface area contributed by atoms with Gasteiger partial charge in [0, 0.05) is 5.69 Å². The number of benzene rings is 2. The first-order valence-corrected chi connectivity index (χ1v) is 6.37. The molecule has 0 aliphatic carbocycles. The van der Waals surface area contributed by atoms with Crippen molar-refractivity contribution in [2.24, 2.45) is 5.10 Å². The van der Waals surface area contributed by atoms with Crippen LogP contribution in [0.2, 0.25) is 0 Å². The summed E-state index contributed by atoms with van der Waals surface area (Å²) in [6, 6.07) is 14.9. The highest BCUT2D eigenvalue weighted by atomic mass is 16.2. The van der Waals surface area contributed by atoms with Gasteiger partial charge < -0.3 is 5.32 Å². The van der Waals surface area contributed by atoms with Crippen LogP contribution in [0.25, 0.3) is 0 Å². The van der Waals surface area contributed by atoms with Crippen molar-refractivity contribution >= 4 is 17.9 Å². The van der Waals surface area contributed by atoms with Crippen LogP contribution < -0.4 is 10.7 Å². The van der Waals surface area contributed by atoms with Crippen molar-refractivity contribution in [1.29, 1.82) is 0 Å². The summed E-state index contributed by atoms with van der Waals surface area (Å²) in [6.07, 6.45) is 1.64. The lowest BCUT2D eigenvalue weighted by molar-refractivity contribution is 0.252. The molecule has 20 heavy (non-hydrogen) atoms. The topological polar surface area (TPSA) is 53.5 Å². The zero-order chi connectivity index (χ0) is 14.4. The number of hydrogen-bond donors (Lipinski definition) is 2. The van der Waals surface area contributed by atoms with Gasteiger partial charge in [0.05, 0.1) is 6.21 Å². The first-order chi connectivity index (χ1) is 9.65. The predicted molar refractivity (Wildman–Crippen MR) is 82.1 cm³/mol. The maximum absolute atomic E-state index is 11.6. The fourth-order valence-corrected chi connectivity index (χ4v) is 1.81. The van der Waals surface area contributed by atoms with E-state index in [-0.39, 0.29) is 6.03 Å². The quantitative estimate of drug-likeness (QED) is 0.649. The van der Waals surface area contributed by atoms with E-state index in [1.165, 1.54) is 5.56 Å². The summed E-state index contributed by atoms with van der Waals surface area (Å²) < 4.78 is 0. The molecule has 0 fully saturated rings. The van der Waals surface area contributed by atoms with E-state index in [9.17, 15) is 4.79 Å². The molecule has 102 valence electrons. The lowest BCUT2D eigenvalue weighted by Crippen LogP contribution is -2.24. The third-order valence-electron chi connectivity index (χ3n) is 2.83. The van der Waals surface area contributed by atoms with Crippen molar-refractivity contribution in [2.45, 2.75) is 13.8 Å². The Labute approximate surface area is 118 Å². The summed E-state index contributed by atoms with van der Waals surface area (Å²) in [6.45, 7) is 4.05. The molecule has 0 atom stereocenters. The van der Waals surface area contributed by atoms with Crippen molar-refractivity contribution in [3.05, 3.63) is 65.2 Å². The van der Waals surface area contributed by atoms with Gasteiger partial charge in [-0.05, 0) is 37.1 Å². The zero-order valence-electron chi connectivity index (χ0n) is 11.6. The van der Waals surface area contributed by atoms with Gasteiger partial charge in [-0.3, -0.25) is 0 Å². The molecule has 0 aromatic heterocycles. The molecule has 4 nitrogen and oxygen atoms in total. The van der Waals surface area contributed by atoms with Crippen molar-refractivity contribution < 1.29 is 4.79 Å². The maximum atomic E-state index is 11.6. The molecule has 2 rings (SSSR count). The number of carbonyl (C=O) groups excluding carboxylic acids is 1. The van der Waals surface area contributed by atoms with E-state index < -0.39 is 0 Å². The summed E-state index contributed by atoms with van der Waals surface area (Å²) in [4.78, 5) is 11.6. The molecular formula is C16H17N3O. The summed E-state index contributed by atoms with van der Waals surface area (Å²) in [5.41, 5.74) is 6.48. The van der Waals surface area contributed by atoms with Crippen molar-refractivity contribution in [3.63, 3.8) is 0 Å². The second-order valence-corrected chi connectivity index (χ2v) is 4.55. The molecule has 0 bridgehead atoms. The molecule has 0 aliphatic heterocycles. The molecule has 0 unspecified atom stereocenters. The van der Waals surface area contributed by atoms with Gasteiger partial charge in [0.25, 0.3) is 0 Å². The number of hydrogen-bond acceptors (Lipinski definition) is 2. The highest BCUT2D eigenvalue weighted by molar-refractivity contribution is 5.90. The predicted octanol–water partition coefficient (Wildman–Crippen LogP) is 3.46. The Morgan fingerprint density at radius 2 is 1.85 bits per heavy atom. The van der Waals surface area contributed by atoms with Gasteiger partial charge >= 0.3 is 6.03 Å². The van der Waals surface area contributed by atoms with Crippen LogP contribution in [0.5, 0.6) is 0 Å². The van der Waals surface area contributed by atoms with Crippen molar-refractivity contribution in [3.8, 4) is 0 Å². The number of hydrazone groups is 1. The van der Waals surface area contributed by atoms with Gasteiger partial charge in [0.1, 0.15) is 0 Å². The SMILES string of the molecule is Cc1ccc(/C=N\NC(=O)Nc2ccccc2)c(C)c1. The van der Waals surface area contributed by atoms with Gasteiger partial charge in [0.15, 0.2) is 0 Å². The third-order valence-corrected chi connectivity index (χ3v) is 2.83. The van der Waals surface area contributed by atoms with Crippen LogP contribution in [0, 0.1) is 13.8 Å². The summed E-state index contributed by atoms with van der Waals surface area (Å²) >= 11 is 0. The molecule has 0 saturated heterocycles. The van der Waals surface area contributed by atoms with Gasteiger partial charge in [-0.1, -0.05) is 42.0 Å². The monoisotopic (exact) mass is 267 g/mol. The molecule has 2 aromatic carbocycles. The van der Waals surface area contributed by atoms with Gasteiger partial charge in [0.2, 0.25) is 0 Å². The molecule has 4 heteroatoms. The number of carbonyl (C=O) groups is 1. The Morgan fingerprint density at radius 3 is 2.55 bits per heavy atom. The molecule has 0 radical (unpaired) electrons. The van der Waals surface area contributed by atoms with Crippen LogP contribution in [0.1, 0.15) is 16.7 Å². The molecule has 0 spiro atoms. The fraction of sp³-hybridized carbons (Fsp3) is 0.125. The van der Waals surface area contributed by atoms with E-state index in [0.29, 0.717) is 0 Å². The molecule has 2 amide bonds. The Morgan fingerprint density at radius 1 is 1.10 bits per heavy atom. The Hall–Kier alpha value is -2.62. The van der Waals surface area contributed by atoms with E-state index >= 15 is 0 Å². The summed E-state index contributed by atoms with van der Waals surface area (Å²) in [7, 11) is 0. The average Bonchev–Trinajstić information content (AvgIpc) is 2.42. The van der Waals surface area contributed by atoms with E-state index in [1.807, 2.05) is 56.3 Å².